The number of hydrogen-bond acceptors (Lipinski definition) is 6. The fourth-order valence-corrected chi connectivity index (χ4v) is 6.40. The highest BCUT2D eigenvalue weighted by Gasteiger charge is 2.26. The Kier molecular flexibility index (Phi) is 37.8. The van der Waals surface area contributed by atoms with Crippen LogP contribution in [-0.2, 0) is 27.9 Å². The van der Waals surface area contributed by atoms with Crippen LogP contribution in [0.25, 0.3) is 0 Å². The topological polar surface area (TPSA) is 91.3 Å². The van der Waals surface area contributed by atoms with Crippen LogP contribution in [0.15, 0.2) is 60.8 Å². The van der Waals surface area contributed by atoms with E-state index in [1.807, 2.05) is 21.1 Å². The molecule has 0 aliphatic carbocycles. The van der Waals surface area contributed by atoms with E-state index < -0.39 is 13.9 Å². The fraction of sp³-hybridized carbons (Fsp3) is 0.761. The number of phosphoric ester groups is 1. The van der Waals surface area contributed by atoms with E-state index in [9.17, 15) is 14.3 Å². The van der Waals surface area contributed by atoms with Gasteiger partial charge in [0.1, 0.15) is 19.3 Å². The Balaban J connectivity index is 4.26. The summed E-state index contributed by atoms with van der Waals surface area (Å²) in [6.07, 6.45) is 48.2. The molecule has 0 aromatic rings. The van der Waals surface area contributed by atoms with Gasteiger partial charge in [0.25, 0.3) is 0 Å². The zero-order valence-electron chi connectivity index (χ0n) is 36.1. The molecule has 0 aliphatic rings. The zero-order valence-corrected chi connectivity index (χ0v) is 37.0. The van der Waals surface area contributed by atoms with Gasteiger partial charge in [0, 0.05) is 13.0 Å². The number of carbonyl (C=O) groups is 1. The summed E-state index contributed by atoms with van der Waals surface area (Å²) in [4.78, 5) is 22.9. The van der Waals surface area contributed by atoms with Crippen LogP contribution in [0, 0.1) is 0 Å². The summed E-state index contributed by atoms with van der Waals surface area (Å²) in [7, 11) is 1.64. The molecule has 0 aromatic heterocycles. The van der Waals surface area contributed by atoms with Crippen molar-refractivity contribution in [2.75, 3.05) is 54.1 Å². The maximum absolute atomic E-state index is 12.7. The smallest absolute Gasteiger partial charge is 0.457 e. The van der Waals surface area contributed by atoms with Crippen molar-refractivity contribution in [1.29, 1.82) is 0 Å². The fourth-order valence-electron chi connectivity index (χ4n) is 5.65. The molecular weight excluding hydrogens is 709 g/mol. The molecule has 0 bridgehead atoms. The van der Waals surface area contributed by atoms with Crippen LogP contribution in [0.4, 0.5) is 0 Å². The van der Waals surface area contributed by atoms with Gasteiger partial charge in [-0.2, -0.15) is 0 Å². The van der Waals surface area contributed by atoms with Gasteiger partial charge in [-0.3, -0.25) is 13.8 Å². The van der Waals surface area contributed by atoms with Crippen LogP contribution in [0.5, 0.6) is 0 Å². The van der Waals surface area contributed by atoms with Crippen LogP contribution >= 0.6 is 7.82 Å². The molecule has 0 amide bonds. The summed E-state index contributed by atoms with van der Waals surface area (Å²) >= 11 is 0. The maximum atomic E-state index is 12.7. The third-order valence-corrected chi connectivity index (χ3v) is 10.0. The first-order valence-corrected chi connectivity index (χ1v) is 23.5. The number of esters is 1. The van der Waals surface area contributed by atoms with Crippen molar-refractivity contribution in [2.24, 2.45) is 0 Å². The number of phosphoric acid groups is 1. The van der Waals surface area contributed by atoms with Crippen molar-refractivity contribution in [3.63, 3.8) is 0 Å². The van der Waals surface area contributed by atoms with Gasteiger partial charge in [-0.1, -0.05) is 145 Å². The number of ether oxygens (including phenoxy) is 2. The second-order valence-electron chi connectivity index (χ2n) is 15.7. The Morgan fingerprint density at radius 1 is 0.582 bits per heavy atom. The molecule has 2 unspecified atom stereocenters. The van der Waals surface area contributed by atoms with Gasteiger partial charge in [0.15, 0.2) is 0 Å². The number of hydrogen-bond donors (Lipinski definition) is 1. The van der Waals surface area contributed by atoms with Crippen molar-refractivity contribution >= 4 is 13.8 Å². The number of rotatable bonds is 40. The lowest BCUT2D eigenvalue weighted by Crippen LogP contribution is -2.37. The second kappa shape index (κ2) is 39.0. The number of nitrogens with zero attached hydrogens (tertiary/aromatic N) is 1. The van der Waals surface area contributed by atoms with Crippen LogP contribution in [0.3, 0.4) is 0 Å². The average Bonchev–Trinajstić information content (AvgIpc) is 3.13. The predicted molar refractivity (Wildman–Crippen MR) is 233 cm³/mol. The highest BCUT2D eigenvalue weighted by atomic mass is 31.2. The molecule has 0 radical (unpaired) electrons. The summed E-state index contributed by atoms with van der Waals surface area (Å²) in [6.45, 7) is 5.42. The number of quaternary nitrogens is 1. The first-order chi connectivity index (χ1) is 26.6. The van der Waals surface area contributed by atoms with Crippen molar-refractivity contribution in [3.8, 4) is 0 Å². The first-order valence-electron chi connectivity index (χ1n) is 22.0. The third-order valence-electron chi connectivity index (χ3n) is 9.06. The third kappa shape index (κ3) is 43.2. The molecule has 0 fully saturated rings. The number of likely N-dealkylation sites (N-methyl/N-ethyl adjacent to an activating group) is 1. The summed E-state index contributed by atoms with van der Waals surface area (Å²) in [5.41, 5.74) is 0. The molecule has 0 aliphatic heterocycles. The monoisotopic (exact) mass is 795 g/mol. The summed E-state index contributed by atoms with van der Waals surface area (Å²) in [6, 6.07) is 0. The van der Waals surface area contributed by atoms with Crippen LogP contribution in [0.1, 0.15) is 168 Å². The first kappa shape index (κ1) is 53.2. The second-order valence-corrected chi connectivity index (χ2v) is 17.1. The number of carbonyl (C=O) groups excluding carboxylic acids is 1. The molecule has 9 heteroatoms. The molecule has 55 heavy (non-hydrogen) atoms. The lowest BCUT2D eigenvalue weighted by Gasteiger charge is -2.24. The van der Waals surface area contributed by atoms with E-state index in [-0.39, 0.29) is 25.8 Å². The molecule has 2 atom stereocenters. The normalized spacial score (nSPS) is 14.4. The van der Waals surface area contributed by atoms with Crippen molar-refractivity contribution in [1.82, 2.24) is 0 Å². The van der Waals surface area contributed by atoms with Gasteiger partial charge < -0.3 is 18.9 Å². The van der Waals surface area contributed by atoms with Crippen LogP contribution < -0.4 is 0 Å². The van der Waals surface area contributed by atoms with Gasteiger partial charge in [-0.15, -0.1) is 0 Å². The van der Waals surface area contributed by atoms with E-state index in [4.69, 9.17) is 18.5 Å². The molecule has 8 nitrogen and oxygen atoms in total. The maximum Gasteiger partial charge on any atom is 0.472 e. The Bertz CT molecular complexity index is 1060. The highest BCUT2D eigenvalue weighted by molar-refractivity contribution is 7.47. The van der Waals surface area contributed by atoms with E-state index in [0.717, 1.165) is 77.0 Å². The highest BCUT2D eigenvalue weighted by Crippen LogP contribution is 2.43. The molecule has 0 aromatic carbocycles. The van der Waals surface area contributed by atoms with Gasteiger partial charge in [0.2, 0.25) is 0 Å². The van der Waals surface area contributed by atoms with E-state index in [1.54, 1.807) is 0 Å². The van der Waals surface area contributed by atoms with E-state index in [2.05, 4.69) is 74.6 Å². The molecule has 0 heterocycles. The standard InChI is InChI=1S/C46H84NO7P/c1-6-8-10-12-14-16-18-20-22-23-24-25-26-27-29-31-33-35-37-39-46(48)54-45(44-53-55(49,50)52-42-40-47(3,4)5)43-51-41-38-36-34-32-30-28-21-19-17-15-13-11-9-7-2/h9,11,14-17,20-22,28,45H,6-8,10,12-13,18-19,23-27,29-44H2,1-5H3/p+1/b11-9-,16-14-,17-15-,22-20-,28-21-. The largest absolute Gasteiger partial charge is 0.472 e. The van der Waals surface area contributed by atoms with Gasteiger partial charge in [-0.05, 0) is 77.0 Å². The van der Waals surface area contributed by atoms with Gasteiger partial charge >= 0.3 is 13.8 Å². The van der Waals surface area contributed by atoms with Crippen molar-refractivity contribution in [3.05, 3.63) is 60.8 Å². The van der Waals surface area contributed by atoms with Gasteiger partial charge in [0.05, 0.1) is 34.4 Å². The quantitative estimate of drug-likeness (QED) is 0.0217. The molecular formula is C46H85NO7P+. The minimum Gasteiger partial charge on any atom is -0.457 e. The lowest BCUT2D eigenvalue weighted by molar-refractivity contribution is -0.870. The summed E-state index contributed by atoms with van der Waals surface area (Å²) in [5.74, 6) is -0.329. The predicted octanol–water partition coefficient (Wildman–Crippen LogP) is 12.9. The zero-order chi connectivity index (χ0) is 40.6. The molecule has 320 valence electrons. The van der Waals surface area contributed by atoms with Gasteiger partial charge in [-0.25, -0.2) is 4.57 Å². The molecule has 0 saturated heterocycles. The lowest BCUT2D eigenvalue weighted by atomic mass is 10.1. The number of allylic oxidation sites excluding steroid dienone is 10. The minimum atomic E-state index is -4.28. The van der Waals surface area contributed by atoms with E-state index in [1.165, 1.54) is 70.6 Å². The van der Waals surface area contributed by atoms with Crippen LogP contribution in [-0.4, -0.2) is 75.6 Å². The Hall–Kier alpha value is -1.80. The Labute approximate surface area is 339 Å². The van der Waals surface area contributed by atoms with Crippen LogP contribution in [0.2, 0.25) is 0 Å². The Morgan fingerprint density at radius 3 is 1.58 bits per heavy atom. The SMILES string of the molecule is CC/C=C\C/C=C\C/C=C\CCCCCCOCC(COP(=O)(O)OCC[N+](C)(C)C)OC(=O)CCCCCCCCCCC/C=C\C/C=C\CCCCC. The summed E-state index contributed by atoms with van der Waals surface area (Å²) in [5, 5.41) is 0. The minimum absolute atomic E-state index is 0.0805. The molecule has 0 saturated carbocycles. The summed E-state index contributed by atoms with van der Waals surface area (Å²) < 4.78 is 35.0. The molecule has 0 rings (SSSR count). The Morgan fingerprint density at radius 2 is 1.05 bits per heavy atom. The van der Waals surface area contributed by atoms with Crippen molar-refractivity contribution in [2.45, 2.75) is 174 Å². The molecule has 1 N–H and O–H groups in total. The average molecular weight is 795 g/mol. The number of unbranched alkanes of at least 4 members (excludes halogenated alkanes) is 16. The van der Waals surface area contributed by atoms with Crippen molar-refractivity contribution < 1.29 is 37.3 Å². The van der Waals surface area contributed by atoms with E-state index >= 15 is 0 Å². The van der Waals surface area contributed by atoms with E-state index in [0.29, 0.717) is 24.1 Å². The molecule has 0 spiro atoms.